The van der Waals surface area contributed by atoms with Crippen molar-refractivity contribution in [2.24, 2.45) is 5.92 Å². The van der Waals surface area contributed by atoms with Crippen LogP contribution in [0.1, 0.15) is 35.6 Å². The Morgan fingerprint density at radius 1 is 1.83 bits per heavy atom. The zero-order chi connectivity index (χ0) is 8.72. The Morgan fingerprint density at radius 3 is 2.92 bits per heavy atom. The molecule has 2 rings (SSSR count). The van der Waals surface area contributed by atoms with Crippen molar-refractivity contribution in [3.63, 3.8) is 0 Å². The van der Waals surface area contributed by atoms with Crippen LogP contribution in [0.25, 0.3) is 0 Å². The number of aromatic nitrogens is 1. The Labute approximate surface area is 69.2 Å². The van der Waals surface area contributed by atoms with Gasteiger partial charge in [0.05, 0.1) is 0 Å². The summed E-state index contributed by atoms with van der Waals surface area (Å²) in [6.07, 6.45) is 2.25. The predicted molar refractivity (Wildman–Crippen MR) is 40.0 cm³/mol. The van der Waals surface area contributed by atoms with Crippen LogP contribution in [0.15, 0.2) is 10.7 Å². The molecule has 1 aromatic heterocycles. The minimum atomic E-state index is -1.03. The molecule has 1 saturated carbocycles. The lowest BCUT2D eigenvalue weighted by molar-refractivity contribution is 0.0690. The van der Waals surface area contributed by atoms with Crippen LogP contribution < -0.4 is 0 Å². The van der Waals surface area contributed by atoms with Crippen LogP contribution in [-0.4, -0.2) is 16.1 Å². The number of rotatable bonds is 2. The average molecular weight is 167 g/mol. The van der Waals surface area contributed by atoms with Gasteiger partial charge in [0.1, 0.15) is 6.26 Å². The molecule has 1 N–H and O–H groups in total. The molecule has 0 bridgehead atoms. The maximum absolute atomic E-state index is 10.4. The van der Waals surface area contributed by atoms with E-state index in [9.17, 15) is 4.79 Å². The average Bonchev–Trinajstić information content (AvgIpc) is 2.59. The van der Waals surface area contributed by atoms with Gasteiger partial charge in [-0.15, -0.1) is 0 Å². The summed E-state index contributed by atoms with van der Waals surface area (Å²) in [5, 5.41) is 8.54. The van der Waals surface area contributed by atoms with Crippen LogP contribution in [0.4, 0.5) is 0 Å². The first-order chi connectivity index (χ1) is 5.68. The quantitative estimate of drug-likeness (QED) is 0.724. The smallest absolute Gasteiger partial charge is 0.357 e. The molecule has 0 aliphatic heterocycles. The Morgan fingerprint density at radius 2 is 2.50 bits per heavy atom. The summed E-state index contributed by atoms with van der Waals surface area (Å²) in [7, 11) is 0. The van der Waals surface area contributed by atoms with Crippen LogP contribution >= 0.6 is 0 Å². The molecule has 0 unspecified atom stereocenters. The fourth-order valence-electron chi connectivity index (χ4n) is 1.22. The molecule has 2 atom stereocenters. The van der Waals surface area contributed by atoms with E-state index >= 15 is 0 Å². The van der Waals surface area contributed by atoms with Crippen molar-refractivity contribution in [1.82, 2.24) is 4.98 Å². The normalized spacial score (nSPS) is 27.1. The molecule has 64 valence electrons. The third-order valence-electron chi connectivity index (χ3n) is 2.17. The largest absolute Gasteiger partial charge is 0.476 e. The second-order valence-corrected chi connectivity index (χ2v) is 3.20. The summed E-state index contributed by atoms with van der Waals surface area (Å²) in [5.74, 6) is 0.474. The van der Waals surface area contributed by atoms with E-state index in [0.29, 0.717) is 17.7 Å². The van der Waals surface area contributed by atoms with Crippen molar-refractivity contribution in [2.75, 3.05) is 0 Å². The maximum Gasteiger partial charge on any atom is 0.357 e. The zero-order valence-corrected chi connectivity index (χ0v) is 6.65. The third kappa shape index (κ3) is 1.09. The number of aromatic carboxylic acids is 1. The first-order valence-corrected chi connectivity index (χ1v) is 3.87. The molecule has 0 amide bonds. The van der Waals surface area contributed by atoms with Gasteiger partial charge in [0.25, 0.3) is 0 Å². The van der Waals surface area contributed by atoms with Gasteiger partial charge < -0.3 is 9.52 Å². The zero-order valence-electron chi connectivity index (χ0n) is 6.65. The second-order valence-electron chi connectivity index (χ2n) is 3.20. The Hall–Kier alpha value is -1.32. The van der Waals surface area contributed by atoms with Gasteiger partial charge in [0.15, 0.2) is 11.6 Å². The molecule has 12 heavy (non-hydrogen) atoms. The standard InChI is InChI=1S/C8H9NO3/c1-4-2-5(4)7-9-6(3-12-7)8(10)11/h3-5H,2H2,1H3,(H,10,11)/t4-,5-/m1/s1. The monoisotopic (exact) mass is 167 g/mol. The fraction of sp³-hybridized carbons (Fsp3) is 0.500. The number of carboxylic acid groups (broad SMARTS) is 1. The number of nitrogens with zero attached hydrogens (tertiary/aromatic N) is 1. The summed E-state index contributed by atoms with van der Waals surface area (Å²) < 4.78 is 5.03. The van der Waals surface area contributed by atoms with Crippen LogP contribution in [0.2, 0.25) is 0 Å². The van der Waals surface area contributed by atoms with Gasteiger partial charge in [0.2, 0.25) is 0 Å². The van der Waals surface area contributed by atoms with E-state index in [1.54, 1.807) is 0 Å². The Kier molecular flexibility index (Phi) is 1.43. The van der Waals surface area contributed by atoms with E-state index in [1.165, 1.54) is 6.26 Å². The molecule has 4 heteroatoms. The molecule has 0 aromatic carbocycles. The van der Waals surface area contributed by atoms with E-state index in [4.69, 9.17) is 9.52 Å². The summed E-state index contributed by atoms with van der Waals surface area (Å²) in [6.45, 7) is 2.09. The third-order valence-corrected chi connectivity index (χ3v) is 2.17. The highest BCUT2D eigenvalue weighted by atomic mass is 16.4. The van der Waals surface area contributed by atoms with Gasteiger partial charge in [-0.05, 0) is 12.3 Å². The lowest BCUT2D eigenvalue weighted by atomic mass is 10.3. The highest BCUT2D eigenvalue weighted by Crippen LogP contribution is 2.46. The molecule has 1 aromatic rings. The molecule has 1 fully saturated rings. The van der Waals surface area contributed by atoms with Crippen molar-refractivity contribution in [3.05, 3.63) is 17.8 Å². The summed E-state index contributed by atoms with van der Waals surface area (Å²) in [5.41, 5.74) is 0.00380. The topological polar surface area (TPSA) is 63.3 Å². The highest BCUT2D eigenvalue weighted by molar-refractivity contribution is 5.84. The van der Waals surface area contributed by atoms with E-state index in [-0.39, 0.29) is 5.69 Å². The SMILES string of the molecule is C[C@@H]1C[C@H]1c1nc(C(=O)O)co1. The van der Waals surface area contributed by atoms with Crippen molar-refractivity contribution < 1.29 is 14.3 Å². The van der Waals surface area contributed by atoms with Crippen molar-refractivity contribution in [2.45, 2.75) is 19.3 Å². The summed E-state index contributed by atoms with van der Waals surface area (Å²) in [6, 6.07) is 0. The maximum atomic E-state index is 10.4. The molecule has 0 spiro atoms. The lowest BCUT2D eigenvalue weighted by Crippen LogP contribution is -1.96. The van der Waals surface area contributed by atoms with E-state index < -0.39 is 5.97 Å². The first-order valence-electron chi connectivity index (χ1n) is 3.87. The molecule has 1 heterocycles. The summed E-state index contributed by atoms with van der Waals surface area (Å²) >= 11 is 0. The number of hydrogen-bond donors (Lipinski definition) is 1. The van der Waals surface area contributed by atoms with Gasteiger partial charge in [-0.2, -0.15) is 0 Å². The van der Waals surface area contributed by atoms with Gasteiger partial charge in [-0.1, -0.05) is 6.92 Å². The van der Waals surface area contributed by atoms with E-state index in [1.807, 2.05) is 0 Å². The minimum absolute atomic E-state index is 0.00380. The van der Waals surface area contributed by atoms with Crippen molar-refractivity contribution in [3.8, 4) is 0 Å². The van der Waals surface area contributed by atoms with E-state index in [0.717, 1.165) is 6.42 Å². The predicted octanol–water partition coefficient (Wildman–Crippen LogP) is 1.50. The number of carbonyl (C=O) groups is 1. The Balaban J connectivity index is 2.19. The van der Waals surface area contributed by atoms with Gasteiger partial charge in [-0.3, -0.25) is 0 Å². The number of hydrogen-bond acceptors (Lipinski definition) is 3. The van der Waals surface area contributed by atoms with Gasteiger partial charge >= 0.3 is 5.97 Å². The van der Waals surface area contributed by atoms with Gasteiger partial charge in [-0.25, -0.2) is 9.78 Å². The minimum Gasteiger partial charge on any atom is -0.476 e. The lowest BCUT2D eigenvalue weighted by Gasteiger charge is -1.85. The molecular formula is C8H9NO3. The molecule has 0 saturated heterocycles. The van der Waals surface area contributed by atoms with Crippen LogP contribution in [0.5, 0.6) is 0 Å². The van der Waals surface area contributed by atoms with Crippen LogP contribution in [0, 0.1) is 5.92 Å². The molecule has 1 aliphatic carbocycles. The second kappa shape index (κ2) is 2.33. The molecule has 4 nitrogen and oxygen atoms in total. The van der Waals surface area contributed by atoms with Gasteiger partial charge in [0, 0.05) is 5.92 Å². The van der Waals surface area contributed by atoms with Crippen LogP contribution in [-0.2, 0) is 0 Å². The van der Waals surface area contributed by atoms with Crippen molar-refractivity contribution >= 4 is 5.97 Å². The summed E-state index contributed by atoms with van der Waals surface area (Å²) in [4.78, 5) is 14.3. The fourth-order valence-corrected chi connectivity index (χ4v) is 1.22. The molecule has 0 radical (unpaired) electrons. The first kappa shape index (κ1) is 7.34. The van der Waals surface area contributed by atoms with Crippen LogP contribution in [0.3, 0.4) is 0 Å². The van der Waals surface area contributed by atoms with E-state index in [2.05, 4.69) is 11.9 Å². The van der Waals surface area contributed by atoms with Crippen molar-refractivity contribution in [1.29, 1.82) is 0 Å². The Bertz CT molecular complexity index is 318. The molecule has 1 aliphatic rings. The number of oxazole rings is 1. The highest BCUT2D eigenvalue weighted by Gasteiger charge is 2.38. The number of carboxylic acids is 1. The molecular weight excluding hydrogens is 158 g/mol.